The number of halogens is 1. The molecule has 2 unspecified atom stereocenters. The molecule has 0 radical (unpaired) electrons. The number of aryl methyl sites for hydroxylation is 1. The summed E-state index contributed by atoms with van der Waals surface area (Å²) in [5.74, 6) is 0.868. The molecular formula is C22H29ClN2O2. The van der Waals surface area contributed by atoms with Crippen LogP contribution in [0.25, 0.3) is 0 Å². The molecule has 146 valence electrons. The predicted octanol–water partition coefficient (Wildman–Crippen LogP) is 3.80. The van der Waals surface area contributed by atoms with Crippen molar-refractivity contribution in [1.29, 1.82) is 0 Å². The minimum absolute atomic E-state index is 0. The number of carbonyl (C=O) groups excluding carboxylic acids is 1. The maximum absolute atomic E-state index is 12.4. The molecule has 2 aromatic rings. The second-order valence-corrected chi connectivity index (χ2v) is 7.10. The molecule has 1 aliphatic rings. The summed E-state index contributed by atoms with van der Waals surface area (Å²) in [6, 6.07) is 16.6. The van der Waals surface area contributed by atoms with Gasteiger partial charge in [0.05, 0.1) is 6.42 Å². The zero-order chi connectivity index (χ0) is 18.4. The van der Waals surface area contributed by atoms with Gasteiger partial charge < -0.3 is 15.4 Å². The van der Waals surface area contributed by atoms with Gasteiger partial charge in [-0.15, -0.1) is 12.4 Å². The molecule has 4 nitrogen and oxygen atoms in total. The van der Waals surface area contributed by atoms with Crippen molar-refractivity contribution in [3.8, 4) is 5.75 Å². The Morgan fingerprint density at radius 2 is 2.04 bits per heavy atom. The summed E-state index contributed by atoms with van der Waals surface area (Å²) in [4.78, 5) is 12.4. The summed E-state index contributed by atoms with van der Waals surface area (Å²) < 4.78 is 5.92. The Kier molecular flexibility index (Phi) is 8.14. The largest absolute Gasteiger partial charge is 0.489 e. The van der Waals surface area contributed by atoms with Gasteiger partial charge in [-0.25, -0.2) is 0 Å². The SMILES string of the molecule is Cc1ccccc1COc1cccc(CC(=O)NC2CCCNC2C)c1.Cl. The average Bonchev–Trinajstić information content (AvgIpc) is 2.63. The summed E-state index contributed by atoms with van der Waals surface area (Å²) in [7, 11) is 0. The van der Waals surface area contributed by atoms with E-state index in [4.69, 9.17) is 4.74 Å². The number of hydrogen-bond acceptors (Lipinski definition) is 3. The first-order valence-electron chi connectivity index (χ1n) is 9.41. The monoisotopic (exact) mass is 388 g/mol. The number of benzene rings is 2. The second-order valence-electron chi connectivity index (χ2n) is 7.10. The van der Waals surface area contributed by atoms with Crippen LogP contribution in [0.5, 0.6) is 5.75 Å². The molecule has 3 rings (SSSR count). The molecule has 1 fully saturated rings. The highest BCUT2D eigenvalue weighted by Crippen LogP contribution is 2.17. The second kappa shape index (κ2) is 10.3. The fraction of sp³-hybridized carbons (Fsp3) is 0.409. The van der Waals surface area contributed by atoms with Crippen LogP contribution in [0.15, 0.2) is 48.5 Å². The van der Waals surface area contributed by atoms with Crippen LogP contribution >= 0.6 is 12.4 Å². The molecule has 0 bridgehead atoms. The Labute approximate surface area is 168 Å². The molecule has 0 spiro atoms. The maximum Gasteiger partial charge on any atom is 0.224 e. The smallest absolute Gasteiger partial charge is 0.224 e. The van der Waals surface area contributed by atoms with Gasteiger partial charge in [-0.1, -0.05) is 36.4 Å². The predicted molar refractivity (Wildman–Crippen MR) is 112 cm³/mol. The number of carbonyl (C=O) groups is 1. The Balaban J connectivity index is 0.00000261. The number of ether oxygens (including phenoxy) is 1. The van der Waals surface area contributed by atoms with Gasteiger partial charge in [0.1, 0.15) is 12.4 Å². The lowest BCUT2D eigenvalue weighted by Crippen LogP contribution is -2.52. The lowest BCUT2D eigenvalue weighted by molar-refractivity contribution is -0.121. The van der Waals surface area contributed by atoms with Crippen molar-refractivity contribution in [2.45, 2.75) is 51.8 Å². The van der Waals surface area contributed by atoms with Gasteiger partial charge in [0, 0.05) is 12.1 Å². The van der Waals surface area contributed by atoms with Crippen LogP contribution in [0.1, 0.15) is 36.5 Å². The lowest BCUT2D eigenvalue weighted by atomic mass is 9.99. The van der Waals surface area contributed by atoms with E-state index in [0.29, 0.717) is 19.1 Å². The number of hydrogen-bond donors (Lipinski definition) is 2. The highest BCUT2D eigenvalue weighted by Gasteiger charge is 2.22. The fourth-order valence-electron chi connectivity index (χ4n) is 3.36. The van der Waals surface area contributed by atoms with Gasteiger partial charge in [0.25, 0.3) is 0 Å². The van der Waals surface area contributed by atoms with Crippen molar-refractivity contribution in [1.82, 2.24) is 10.6 Å². The molecule has 1 amide bonds. The Morgan fingerprint density at radius 1 is 1.22 bits per heavy atom. The topological polar surface area (TPSA) is 50.4 Å². The van der Waals surface area contributed by atoms with Crippen molar-refractivity contribution in [2.24, 2.45) is 0 Å². The molecule has 5 heteroatoms. The van der Waals surface area contributed by atoms with E-state index in [-0.39, 0.29) is 24.4 Å². The summed E-state index contributed by atoms with van der Waals surface area (Å²) in [6.45, 7) is 5.78. The highest BCUT2D eigenvalue weighted by molar-refractivity contribution is 5.85. The molecular weight excluding hydrogens is 360 g/mol. The zero-order valence-electron chi connectivity index (χ0n) is 16.0. The van der Waals surface area contributed by atoms with E-state index < -0.39 is 0 Å². The van der Waals surface area contributed by atoms with Gasteiger partial charge in [-0.2, -0.15) is 0 Å². The van der Waals surface area contributed by atoms with E-state index in [1.54, 1.807) is 0 Å². The van der Waals surface area contributed by atoms with Gasteiger partial charge >= 0.3 is 0 Å². The van der Waals surface area contributed by atoms with Gasteiger partial charge in [0.15, 0.2) is 0 Å². The first-order valence-corrected chi connectivity index (χ1v) is 9.41. The molecule has 0 saturated carbocycles. The van der Waals surface area contributed by atoms with Gasteiger partial charge in [0.2, 0.25) is 5.91 Å². The summed E-state index contributed by atoms with van der Waals surface area (Å²) >= 11 is 0. The number of nitrogens with one attached hydrogen (secondary N) is 2. The molecule has 1 saturated heterocycles. The fourth-order valence-corrected chi connectivity index (χ4v) is 3.36. The van der Waals surface area contributed by atoms with Crippen LogP contribution < -0.4 is 15.4 Å². The molecule has 2 atom stereocenters. The van der Waals surface area contributed by atoms with Crippen LogP contribution in [0.3, 0.4) is 0 Å². The van der Waals surface area contributed by atoms with E-state index in [1.807, 2.05) is 36.4 Å². The molecule has 2 aromatic carbocycles. The van der Waals surface area contributed by atoms with Crippen molar-refractivity contribution in [2.75, 3.05) is 6.54 Å². The van der Waals surface area contributed by atoms with E-state index in [9.17, 15) is 4.79 Å². The van der Waals surface area contributed by atoms with Crippen molar-refractivity contribution in [3.63, 3.8) is 0 Å². The van der Waals surface area contributed by atoms with E-state index in [0.717, 1.165) is 30.7 Å². The third kappa shape index (κ3) is 6.26. The van der Waals surface area contributed by atoms with Crippen molar-refractivity contribution >= 4 is 18.3 Å². The standard InChI is InChI=1S/C22H28N2O2.ClH/c1-16-7-3-4-9-19(16)15-26-20-10-5-8-18(13-20)14-22(25)24-21-11-6-12-23-17(21)2;/h3-5,7-10,13,17,21,23H,6,11-12,14-15H2,1-2H3,(H,24,25);1H. The zero-order valence-corrected chi connectivity index (χ0v) is 16.9. The molecule has 0 aromatic heterocycles. The average molecular weight is 389 g/mol. The molecule has 1 aliphatic heterocycles. The molecule has 2 N–H and O–H groups in total. The first-order chi connectivity index (χ1) is 12.6. The van der Waals surface area contributed by atoms with Crippen LogP contribution in [-0.4, -0.2) is 24.5 Å². The Hall–Kier alpha value is -2.04. The summed E-state index contributed by atoms with van der Waals surface area (Å²) in [6.07, 6.45) is 2.53. The lowest BCUT2D eigenvalue weighted by Gasteiger charge is -2.30. The third-order valence-electron chi connectivity index (χ3n) is 5.03. The number of amides is 1. The molecule has 27 heavy (non-hydrogen) atoms. The Morgan fingerprint density at radius 3 is 2.81 bits per heavy atom. The summed E-state index contributed by atoms with van der Waals surface area (Å²) in [5, 5.41) is 6.57. The number of piperidine rings is 1. The third-order valence-corrected chi connectivity index (χ3v) is 5.03. The molecule has 0 aliphatic carbocycles. The van der Waals surface area contributed by atoms with Gasteiger partial charge in [-0.05, 0) is 62.1 Å². The number of rotatable bonds is 6. The minimum atomic E-state index is 0. The van der Waals surface area contributed by atoms with E-state index >= 15 is 0 Å². The van der Waals surface area contributed by atoms with Crippen LogP contribution in [0.2, 0.25) is 0 Å². The van der Waals surface area contributed by atoms with Crippen molar-refractivity contribution < 1.29 is 9.53 Å². The van der Waals surface area contributed by atoms with Crippen molar-refractivity contribution in [3.05, 3.63) is 65.2 Å². The van der Waals surface area contributed by atoms with Crippen LogP contribution in [-0.2, 0) is 17.8 Å². The highest BCUT2D eigenvalue weighted by atomic mass is 35.5. The quantitative estimate of drug-likeness (QED) is 0.791. The summed E-state index contributed by atoms with van der Waals surface area (Å²) in [5.41, 5.74) is 3.37. The van der Waals surface area contributed by atoms with E-state index in [2.05, 4.69) is 36.6 Å². The normalized spacial score (nSPS) is 19.0. The first kappa shape index (κ1) is 21.3. The molecule has 1 heterocycles. The van der Waals surface area contributed by atoms with Gasteiger partial charge in [-0.3, -0.25) is 4.79 Å². The van der Waals surface area contributed by atoms with E-state index in [1.165, 1.54) is 11.1 Å². The van der Waals surface area contributed by atoms with Crippen LogP contribution in [0.4, 0.5) is 0 Å². The van der Waals surface area contributed by atoms with Crippen LogP contribution in [0, 0.1) is 6.92 Å². The maximum atomic E-state index is 12.4. The Bertz CT molecular complexity index is 751. The minimum Gasteiger partial charge on any atom is -0.489 e.